The Labute approximate surface area is 171 Å². The zero-order chi connectivity index (χ0) is 19.8. The Morgan fingerprint density at radius 3 is 1.21 bits per heavy atom. The van der Waals surface area contributed by atoms with Crippen LogP contribution in [0.2, 0.25) is 0 Å². The molecule has 2 nitrogen and oxygen atoms in total. The highest BCUT2D eigenvalue weighted by molar-refractivity contribution is 5.87. The summed E-state index contributed by atoms with van der Waals surface area (Å²) in [5, 5.41) is 0. The summed E-state index contributed by atoms with van der Waals surface area (Å²) in [6.45, 7) is 0. The first-order chi connectivity index (χ1) is 14.3. The highest BCUT2D eigenvalue weighted by atomic mass is 16.5. The first kappa shape index (κ1) is 17.6. The van der Waals surface area contributed by atoms with Gasteiger partial charge in [0.15, 0.2) is 0 Å². The van der Waals surface area contributed by atoms with Gasteiger partial charge in [-0.25, -0.2) is 0 Å². The standard InChI is InChI=1S/C27H22O2/c1-28-25-17-9-7-15-23(25)27(24-16-8-10-18-26(24)29-2)21-13-5-3-11-19(21)20-12-4-6-14-22(20)27/h3-18H,1-2H3. The Kier molecular flexibility index (Phi) is 4.13. The molecule has 0 amide bonds. The summed E-state index contributed by atoms with van der Waals surface area (Å²) >= 11 is 0. The van der Waals surface area contributed by atoms with Crippen molar-refractivity contribution in [2.24, 2.45) is 0 Å². The number of rotatable bonds is 4. The maximum absolute atomic E-state index is 5.87. The van der Waals surface area contributed by atoms with Crippen LogP contribution >= 0.6 is 0 Å². The van der Waals surface area contributed by atoms with Crippen LogP contribution in [0, 0.1) is 0 Å². The van der Waals surface area contributed by atoms with E-state index in [2.05, 4.69) is 72.8 Å². The molecule has 0 unspecified atom stereocenters. The largest absolute Gasteiger partial charge is 0.496 e. The summed E-state index contributed by atoms with van der Waals surface area (Å²) in [7, 11) is 3.48. The van der Waals surface area contributed by atoms with Gasteiger partial charge in [-0.1, -0.05) is 84.9 Å². The molecule has 1 aliphatic carbocycles. The molecular weight excluding hydrogens is 356 g/mol. The van der Waals surface area contributed by atoms with Crippen molar-refractivity contribution in [2.45, 2.75) is 5.41 Å². The van der Waals surface area contributed by atoms with E-state index in [1.165, 1.54) is 22.3 Å². The highest BCUT2D eigenvalue weighted by Gasteiger charge is 2.48. The molecule has 0 aromatic heterocycles. The molecule has 0 heterocycles. The van der Waals surface area contributed by atoms with Gasteiger partial charge in [-0.15, -0.1) is 0 Å². The summed E-state index contributed by atoms with van der Waals surface area (Å²) in [6, 6.07) is 33.9. The van der Waals surface area contributed by atoms with E-state index in [9.17, 15) is 0 Å². The lowest BCUT2D eigenvalue weighted by atomic mass is 9.67. The number of para-hydroxylation sites is 2. The van der Waals surface area contributed by atoms with Gasteiger partial charge in [0.05, 0.1) is 19.6 Å². The van der Waals surface area contributed by atoms with E-state index in [-0.39, 0.29) is 0 Å². The SMILES string of the molecule is COc1ccccc1C1(c2ccccc2OC)c2ccccc2-c2ccccc21. The second kappa shape index (κ2) is 6.82. The number of fused-ring (bicyclic) bond motifs is 3. The molecule has 0 saturated carbocycles. The summed E-state index contributed by atoms with van der Waals surface area (Å²) in [5.41, 5.74) is 6.70. The third kappa shape index (κ3) is 2.35. The molecule has 2 heteroatoms. The molecule has 0 bridgehead atoms. The molecule has 4 aromatic rings. The van der Waals surface area contributed by atoms with Crippen LogP contribution in [0.5, 0.6) is 11.5 Å². The van der Waals surface area contributed by atoms with Crippen LogP contribution in [0.15, 0.2) is 97.1 Å². The van der Waals surface area contributed by atoms with Gasteiger partial charge in [0, 0.05) is 11.1 Å². The molecule has 0 N–H and O–H groups in total. The van der Waals surface area contributed by atoms with Crippen LogP contribution in [0.3, 0.4) is 0 Å². The Morgan fingerprint density at radius 2 is 0.793 bits per heavy atom. The number of ether oxygens (including phenoxy) is 2. The summed E-state index contributed by atoms with van der Waals surface area (Å²) in [4.78, 5) is 0. The van der Waals surface area contributed by atoms with Crippen LogP contribution in [0.4, 0.5) is 0 Å². The van der Waals surface area contributed by atoms with Crippen molar-refractivity contribution in [3.8, 4) is 22.6 Å². The van der Waals surface area contributed by atoms with E-state index in [1.54, 1.807) is 14.2 Å². The van der Waals surface area contributed by atoms with Crippen LogP contribution < -0.4 is 9.47 Å². The topological polar surface area (TPSA) is 18.5 Å². The summed E-state index contributed by atoms with van der Waals surface area (Å²) < 4.78 is 11.7. The third-order valence-electron chi connectivity index (χ3n) is 5.97. The van der Waals surface area contributed by atoms with Crippen LogP contribution in [-0.2, 0) is 5.41 Å². The second-order valence-corrected chi connectivity index (χ2v) is 7.24. The van der Waals surface area contributed by atoms with Crippen molar-refractivity contribution in [2.75, 3.05) is 14.2 Å². The molecule has 4 aromatic carbocycles. The van der Waals surface area contributed by atoms with E-state index in [4.69, 9.17) is 9.47 Å². The van der Waals surface area contributed by atoms with Gasteiger partial charge in [0.25, 0.3) is 0 Å². The Bertz CT molecular complexity index is 1100. The minimum absolute atomic E-state index is 0.521. The normalized spacial score (nSPS) is 13.4. The smallest absolute Gasteiger partial charge is 0.123 e. The average molecular weight is 378 g/mol. The molecular formula is C27H22O2. The van der Waals surface area contributed by atoms with Crippen LogP contribution in [0.1, 0.15) is 22.3 Å². The van der Waals surface area contributed by atoms with E-state index >= 15 is 0 Å². The molecule has 0 radical (unpaired) electrons. The molecule has 0 aliphatic heterocycles. The van der Waals surface area contributed by atoms with Crippen molar-refractivity contribution in [1.29, 1.82) is 0 Å². The molecule has 0 fully saturated rings. The number of hydrogen-bond acceptors (Lipinski definition) is 2. The number of hydrogen-bond donors (Lipinski definition) is 0. The highest BCUT2D eigenvalue weighted by Crippen LogP contribution is 2.59. The maximum Gasteiger partial charge on any atom is 0.123 e. The fourth-order valence-corrected chi connectivity index (χ4v) is 4.87. The molecule has 1 aliphatic rings. The lowest BCUT2D eigenvalue weighted by Gasteiger charge is -2.35. The lowest BCUT2D eigenvalue weighted by molar-refractivity contribution is 0.396. The van der Waals surface area contributed by atoms with Crippen LogP contribution in [-0.4, -0.2) is 14.2 Å². The van der Waals surface area contributed by atoms with Crippen molar-refractivity contribution >= 4 is 0 Å². The second-order valence-electron chi connectivity index (χ2n) is 7.24. The number of benzene rings is 4. The lowest BCUT2D eigenvalue weighted by Crippen LogP contribution is -2.29. The molecule has 5 rings (SSSR count). The van der Waals surface area contributed by atoms with Crippen molar-refractivity contribution in [3.63, 3.8) is 0 Å². The predicted molar refractivity (Wildman–Crippen MR) is 117 cm³/mol. The first-order valence-electron chi connectivity index (χ1n) is 9.78. The molecule has 0 saturated heterocycles. The molecule has 142 valence electrons. The van der Waals surface area contributed by atoms with Gasteiger partial charge in [-0.05, 0) is 34.4 Å². The van der Waals surface area contributed by atoms with Gasteiger partial charge < -0.3 is 9.47 Å². The third-order valence-corrected chi connectivity index (χ3v) is 5.97. The molecule has 0 spiro atoms. The minimum atomic E-state index is -0.521. The predicted octanol–water partition coefficient (Wildman–Crippen LogP) is 6.07. The minimum Gasteiger partial charge on any atom is -0.496 e. The fraction of sp³-hybridized carbons (Fsp3) is 0.111. The van der Waals surface area contributed by atoms with Crippen LogP contribution in [0.25, 0.3) is 11.1 Å². The van der Waals surface area contributed by atoms with E-state index in [1.807, 2.05) is 24.3 Å². The van der Waals surface area contributed by atoms with Crippen molar-refractivity contribution < 1.29 is 9.47 Å². The monoisotopic (exact) mass is 378 g/mol. The zero-order valence-corrected chi connectivity index (χ0v) is 16.6. The van der Waals surface area contributed by atoms with Gasteiger partial charge in [0.1, 0.15) is 11.5 Å². The van der Waals surface area contributed by atoms with Crippen molar-refractivity contribution in [3.05, 3.63) is 119 Å². The Balaban J connectivity index is 2.01. The average Bonchev–Trinajstić information content (AvgIpc) is 3.10. The fourth-order valence-electron chi connectivity index (χ4n) is 4.87. The van der Waals surface area contributed by atoms with E-state index in [0.29, 0.717) is 0 Å². The van der Waals surface area contributed by atoms with E-state index < -0.39 is 5.41 Å². The maximum atomic E-state index is 5.87. The molecule has 29 heavy (non-hydrogen) atoms. The van der Waals surface area contributed by atoms with Gasteiger partial charge in [-0.3, -0.25) is 0 Å². The Morgan fingerprint density at radius 1 is 0.448 bits per heavy atom. The summed E-state index contributed by atoms with van der Waals surface area (Å²) in [5.74, 6) is 1.73. The first-order valence-corrected chi connectivity index (χ1v) is 9.78. The van der Waals surface area contributed by atoms with Gasteiger partial charge >= 0.3 is 0 Å². The number of methoxy groups -OCH3 is 2. The van der Waals surface area contributed by atoms with Crippen molar-refractivity contribution in [1.82, 2.24) is 0 Å². The Hall–Kier alpha value is -3.52. The van der Waals surface area contributed by atoms with Gasteiger partial charge in [0.2, 0.25) is 0 Å². The van der Waals surface area contributed by atoms with E-state index in [0.717, 1.165) is 22.6 Å². The molecule has 0 atom stereocenters. The zero-order valence-electron chi connectivity index (χ0n) is 16.6. The summed E-state index contributed by atoms with van der Waals surface area (Å²) in [6.07, 6.45) is 0. The van der Waals surface area contributed by atoms with Gasteiger partial charge in [-0.2, -0.15) is 0 Å². The quantitative estimate of drug-likeness (QED) is 0.378.